The number of carboxylic acid groups (broad SMARTS) is 1. The Morgan fingerprint density at radius 3 is 2.39 bits per heavy atom. The van der Waals surface area contributed by atoms with Gasteiger partial charge >= 0.3 is 12.1 Å². The molecular weight excluding hydrogens is 294 g/mol. The lowest BCUT2D eigenvalue weighted by atomic mass is 9.75. The van der Waals surface area contributed by atoms with Crippen molar-refractivity contribution in [1.82, 2.24) is 5.32 Å². The summed E-state index contributed by atoms with van der Waals surface area (Å²) in [5.74, 6) is -1.25. The summed E-state index contributed by atoms with van der Waals surface area (Å²) in [7, 11) is 0. The molecule has 0 bridgehead atoms. The maximum Gasteiger partial charge on any atom is 0.407 e. The minimum absolute atomic E-state index is 0.217. The van der Waals surface area contributed by atoms with Crippen LogP contribution in [0.1, 0.15) is 51.5 Å². The molecule has 0 spiro atoms. The minimum Gasteiger partial charge on any atom is -0.481 e. The summed E-state index contributed by atoms with van der Waals surface area (Å²) in [4.78, 5) is 23.5. The van der Waals surface area contributed by atoms with Crippen molar-refractivity contribution in [3.8, 4) is 0 Å². The average Bonchev–Trinajstić information content (AvgIpc) is 2.46. The van der Waals surface area contributed by atoms with Gasteiger partial charge in [-0.15, -0.1) is 0 Å². The maximum atomic E-state index is 11.9. The smallest absolute Gasteiger partial charge is 0.407 e. The molecule has 0 radical (unpaired) electrons. The van der Waals surface area contributed by atoms with Crippen LogP contribution in [0.3, 0.4) is 0 Å². The molecule has 0 aromatic heterocycles. The van der Waals surface area contributed by atoms with Gasteiger partial charge in [0, 0.05) is 6.04 Å². The number of rotatable bonds is 3. The first kappa shape index (κ1) is 17.3. The number of ether oxygens (including phenoxy) is 1. The van der Waals surface area contributed by atoms with E-state index < -0.39 is 23.6 Å². The lowest BCUT2D eigenvalue weighted by Crippen LogP contribution is -2.47. The zero-order valence-corrected chi connectivity index (χ0v) is 13.9. The molecule has 0 heterocycles. The van der Waals surface area contributed by atoms with Gasteiger partial charge in [0.2, 0.25) is 0 Å². The fourth-order valence-electron chi connectivity index (χ4n) is 3.10. The predicted octanol–water partition coefficient (Wildman–Crippen LogP) is 3.55. The van der Waals surface area contributed by atoms with Crippen LogP contribution < -0.4 is 5.32 Å². The molecule has 1 aromatic carbocycles. The summed E-state index contributed by atoms with van der Waals surface area (Å²) in [6, 6.07) is 9.57. The van der Waals surface area contributed by atoms with Gasteiger partial charge in [-0.05, 0) is 51.5 Å². The lowest BCUT2D eigenvalue weighted by molar-refractivity contribution is -0.143. The number of amides is 1. The SMILES string of the molecule is CC(C)(C)OC(=O)N[C@H]1CC[C@H](c2ccccc2)C[C@H]1C(=O)O. The third-order valence-corrected chi connectivity index (χ3v) is 4.14. The molecule has 2 N–H and O–H groups in total. The molecule has 126 valence electrons. The van der Waals surface area contributed by atoms with E-state index in [1.807, 2.05) is 30.3 Å². The second-order valence-corrected chi connectivity index (χ2v) is 7.12. The highest BCUT2D eigenvalue weighted by atomic mass is 16.6. The quantitative estimate of drug-likeness (QED) is 0.893. The van der Waals surface area contributed by atoms with Crippen molar-refractivity contribution in [2.75, 3.05) is 0 Å². The van der Waals surface area contributed by atoms with Crippen molar-refractivity contribution in [2.24, 2.45) is 5.92 Å². The topological polar surface area (TPSA) is 75.6 Å². The third kappa shape index (κ3) is 4.98. The van der Waals surface area contributed by atoms with Gasteiger partial charge in [0.05, 0.1) is 5.92 Å². The van der Waals surface area contributed by atoms with Crippen molar-refractivity contribution in [3.05, 3.63) is 35.9 Å². The molecule has 0 unspecified atom stereocenters. The number of carbonyl (C=O) groups excluding carboxylic acids is 1. The number of aliphatic carboxylic acids is 1. The monoisotopic (exact) mass is 319 g/mol. The lowest BCUT2D eigenvalue weighted by Gasteiger charge is -2.34. The molecule has 1 amide bonds. The van der Waals surface area contributed by atoms with E-state index in [9.17, 15) is 14.7 Å². The average molecular weight is 319 g/mol. The molecule has 0 saturated heterocycles. The highest BCUT2D eigenvalue weighted by Crippen LogP contribution is 2.36. The largest absolute Gasteiger partial charge is 0.481 e. The Morgan fingerprint density at radius 1 is 1.17 bits per heavy atom. The first-order chi connectivity index (χ1) is 10.8. The molecule has 2 rings (SSSR count). The Kier molecular flexibility index (Phi) is 5.29. The van der Waals surface area contributed by atoms with Crippen LogP contribution in [0.25, 0.3) is 0 Å². The molecule has 1 aliphatic carbocycles. The van der Waals surface area contributed by atoms with Gasteiger partial charge in [-0.25, -0.2) is 4.79 Å². The van der Waals surface area contributed by atoms with Crippen LogP contribution in [0.5, 0.6) is 0 Å². The molecule has 1 saturated carbocycles. The third-order valence-electron chi connectivity index (χ3n) is 4.14. The van der Waals surface area contributed by atoms with Gasteiger partial charge in [-0.3, -0.25) is 4.79 Å². The van der Waals surface area contributed by atoms with Crippen LogP contribution in [-0.4, -0.2) is 28.8 Å². The van der Waals surface area contributed by atoms with Crippen molar-refractivity contribution in [1.29, 1.82) is 0 Å². The van der Waals surface area contributed by atoms with Crippen molar-refractivity contribution >= 4 is 12.1 Å². The van der Waals surface area contributed by atoms with Gasteiger partial charge in [-0.2, -0.15) is 0 Å². The summed E-state index contributed by atoms with van der Waals surface area (Å²) in [6.07, 6.45) is 1.47. The van der Waals surface area contributed by atoms with E-state index in [2.05, 4.69) is 5.32 Å². The summed E-state index contributed by atoms with van der Waals surface area (Å²) < 4.78 is 5.24. The molecular formula is C18H25NO4. The van der Waals surface area contributed by atoms with E-state index in [4.69, 9.17) is 4.74 Å². The first-order valence-corrected chi connectivity index (χ1v) is 8.03. The van der Waals surface area contributed by atoms with Gasteiger partial charge in [-0.1, -0.05) is 30.3 Å². The molecule has 1 fully saturated rings. The zero-order chi connectivity index (χ0) is 17.0. The predicted molar refractivity (Wildman–Crippen MR) is 87.3 cm³/mol. The van der Waals surface area contributed by atoms with Crippen molar-refractivity contribution < 1.29 is 19.4 Å². The number of hydrogen-bond donors (Lipinski definition) is 2. The van der Waals surface area contributed by atoms with Crippen LogP contribution in [0.2, 0.25) is 0 Å². The fraction of sp³-hybridized carbons (Fsp3) is 0.556. The van der Waals surface area contributed by atoms with E-state index in [-0.39, 0.29) is 12.0 Å². The van der Waals surface area contributed by atoms with Gasteiger partial charge in [0.25, 0.3) is 0 Å². The van der Waals surface area contributed by atoms with Crippen LogP contribution in [0.15, 0.2) is 30.3 Å². The summed E-state index contributed by atoms with van der Waals surface area (Å²) in [5.41, 5.74) is 0.568. The van der Waals surface area contributed by atoms with Crippen LogP contribution in [0, 0.1) is 5.92 Å². The summed E-state index contributed by atoms with van der Waals surface area (Å²) in [6.45, 7) is 5.36. The zero-order valence-electron chi connectivity index (χ0n) is 13.9. The van der Waals surface area contributed by atoms with Gasteiger partial charge in [0.1, 0.15) is 5.60 Å². The van der Waals surface area contributed by atoms with Crippen molar-refractivity contribution in [2.45, 2.75) is 57.6 Å². The molecule has 5 nitrogen and oxygen atoms in total. The minimum atomic E-state index is -0.869. The first-order valence-electron chi connectivity index (χ1n) is 8.03. The summed E-state index contributed by atoms with van der Waals surface area (Å²) >= 11 is 0. The van der Waals surface area contributed by atoms with E-state index in [0.717, 1.165) is 12.0 Å². The molecule has 3 atom stereocenters. The Bertz CT molecular complexity index is 550. The van der Waals surface area contributed by atoms with Gasteiger partial charge in [0.15, 0.2) is 0 Å². The number of benzene rings is 1. The number of carboxylic acids is 1. The molecule has 1 aliphatic rings. The molecule has 0 aliphatic heterocycles. The Morgan fingerprint density at radius 2 is 1.83 bits per heavy atom. The van der Waals surface area contributed by atoms with Crippen LogP contribution in [0.4, 0.5) is 4.79 Å². The standard InChI is InChI=1S/C18H25NO4/c1-18(2,3)23-17(22)19-15-10-9-13(11-14(15)16(20)21)12-7-5-4-6-8-12/h4-8,13-15H,9-11H2,1-3H3,(H,19,22)(H,20,21)/t13-,14+,15-/m0/s1. The Balaban J connectivity index is 2.03. The van der Waals surface area contributed by atoms with Gasteiger partial charge < -0.3 is 15.2 Å². The molecule has 5 heteroatoms. The number of carbonyl (C=O) groups is 2. The second-order valence-electron chi connectivity index (χ2n) is 7.12. The fourth-order valence-corrected chi connectivity index (χ4v) is 3.10. The van der Waals surface area contributed by atoms with E-state index in [1.165, 1.54) is 0 Å². The normalized spacial score (nSPS) is 24.7. The highest BCUT2D eigenvalue weighted by molar-refractivity contribution is 5.74. The highest BCUT2D eigenvalue weighted by Gasteiger charge is 2.37. The maximum absolute atomic E-state index is 11.9. The van der Waals surface area contributed by atoms with E-state index in [1.54, 1.807) is 20.8 Å². The second kappa shape index (κ2) is 7.02. The van der Waals surface area contributed by atoms with Crippen LogP contribution in [-0.2, 0) is 9.53 Å². The Hall–Kier alpha value is -2.04. The Labute approximate surface area is 137 Å². The van der Waals surface area contributed by atoms with E-state index in [0.29, 0.717) is 12.8 Å². The molecule has 23 heavy (non-hydrogen) atoms. The van der Waals surface area contributed by atoms with Crippen LogP contribution >= 0.6 is 0 Å². The number of alkyl carbamates (subject to hydrolysis) is 1. The summed E-state index contributed by atoms with van der Waals surface area (Å²) in [5, 5.41) is 12.3. The van der Waals surface area contributed by atoms with Crippen molar-refractivity contribution in [3.63, 3.8) is 0 Å². The number of nitrogens with one attached hydrogen (secondary N) is 1. The molecule has 1 aromatic rings. The van der Waals surface area contributed by atoms with E-state index >= 15 is 0 Å². The number of hydrogen-bond acceptors (Lipinski definition) is 3.